The number of nitrogens with zero attached hydrogens (tertiary/aromatic N) is 4. The van der Waals surface area contributed by atoms with Gasteiger partial charge in [-0.05, 0) is 62.3 Å². The van der Waals surface area contributed by atoms with Crippen molar-refractivity contribution < 1.29 is 22.0 Å². The van der Waals surface area contributed by atoms with Gasteiger partial charge in [0.1, 0.15) is 31.0 Å². The predicted octanol–water partition coefficient (Wildman–Crippen LogP) is 7.71. The molecule has 0 unspecified atom stereocenters. The third-order valence-corrected chi connectivity index (χ3v) is 13.3. The first-order chi connectivity index (χ1) is 21.5. The normalized spacial score (nSPS) is 12.6. The maximum atomic E-state index is 16.1. The summed E-state index contributed by atoms with van der Waals surface area (Å²) in [5.41, 5.74) is 2.28. The Hall–Kier alpha value is -3.81. The minimum Gasteiger partial charge on any atom is -0.432 e. The summed E-state index contributed by atoms with van der Waals surface area (Å²) >= 11 is 2.04. The number of benzene rings is 3. The van der Waals surface area contributed by atoms with Gasteiger partial charge in [0, 0.05) is 23.4 Å². The number of alkyl halides is 2. The number of halogens is 4. The number of rotatable bonds is 9. The lowest BCUT2D eigenvalue weighted by atomic mass is 10.0. The van der Waals surface area contributed by atoms with Crippen LogP contribution in [0.2, 0.25) is 5.04 Å². The molecule has 0 saturated heterocycles. The van der Waals surface area contributed by atoms with Crippen molar-refractivity contribution in [1.29, 1.82) is 0 Å². The highest BCUT2D eigenvalue weighted by Crippen LogP contribution is 2.39. The summed E-state index contributed by atoms with van der Waals surface area (Å²) < 4.78 is 60.0. The van der Waals surface area contributed by atoms with Crippen LogP contribution in [-0.4, -0.2) is 40.6 Å². The van der Waals surface area contributed by atoms with Crippen LogP contribution in [0, 0.1) is 9.58 Å². The van der Waals surface area contributed by atoms with Crippen LogP contribution in [0.1, 0.15) is 20.8 Å². The summed E-state index contributed by atoms with van der Waals surface area (Å²) in [6.07, 6.45) is 2.90. The van der Waals surface area contributed by atoms with Gasteiger partial charge in [-0.1, -0.05) is 81.4 Å². The van der Waals surface area contributed by atoms with Gasteiger partial charge >= 0.3 is 0 Å². The second-order valence-corrected chi connectivity index (χ2v) is 17.3. The van der Waals surface area contributed by atoms with Crippen LogP contribution in [0.3, 0.4) is 0 Å². The average molecular weight is 739 g/mol. The Morgan fingerprint density at radius 1 is 0.867 bits per heavy atom. The Kier molecular flexibility index (Phi) is 8.44. The molecule has 0 aliphatic heterocycles. The first-order valence-electron chi connectivity index (χ1n) is 14.3. The highest BCUT2D eigenvalue weighted by Gasteiger charge is 2.51. The van der Waals surface area contributed by atoms with Gasteiger partial charge < -0.3 is 8.84 Å². The number of furan rings is 1. The van der Waals surface area contributed by atoms with Crippen LogP contribution < -0.4 is 10.4 Å². The highest BCUT2D eigenvalue weighted by molar-refractivity contribution is 14.1. The van der Waals surface area contributed by atoms with Crippen LogP contribution >= 0.6 is 22.6 Å². The van der Waals surface area contributed by atoms with Crippen molar-refractivity contribution >= 4 is 52.4 Å². The molecule has 0 aliphatic rings. The average Bonchev–Trinajstić information content (AvgIpc) is 3.60. The van der Waals surface area contributed by atoms with E-state index in [-0.39, 0.29) is 0 Å². The Morgan fingerprint density at radius 3 is 2.09 bits per heavy atom. The molecule has 0 amide bonds. The molecule has 45 heavy (non-hydrogen) atoms. The molecule has 3 heterocycles. The molecular formula is C34H30F3IN4O2Si. The molecule has 230 valence electrons. The fraction of sp³-hybridized carbons (Fsp3) is 0.206. The van der Waals surface area contributed by atoms with Crippen molar-refractivity contribution in [2.24, 2.45) is 0 Å². The number of hydrogen-bond donors (Lipinski definition) is 0. The molecule has 6 rings (SSSR count). The Morgan fingerprint density at radius 2 is 1.49 bits per heavy atom. The van der Waals surface area contributed by atoms with E-state index in [1.807, 2.05) is 104 Å². The highest BCUT2D eigenvalue weighted by atomic mass is 127. The molecule has 0 N–H and O–H groups in total. The van der Waals surface area contributed by atoms with E-state index in [0.717, 1.165) is 10.4 Å². The topological polar surface area (TPSA) is 66.0 Å². The summed E-state index contributed by atoms with van der Waals surface area (Å²) in [5, 5.41) is 6.57. The molecule has 0 saturated carbocycles. The number of aromatic nitrogens is 4. The Bertz CT molecular complexity index is 1890. The first kappa shape index (κ1) is 31.2. The SMILES string of the molecule is CC(C)(C)[Si](OCC(F)(F)Cn1cc(-c2ncnc3oc(I)cc23)c(-c2ccc(F)cc2)n1)(c1ccccc1)c1ccccc1. The van der Waals surface area contributed by atoms with Gasteiger partial charge in [0.2, 0.25) is 5.71 Å². The van der Waals surface area contributed by atoms with E-state index in [0.29, 0.717) is 37.4 Å². The fourth-order valence-electron chi connectivity index (χ4n) is 5.80. The van der Waals surface area contributed by atoms with E-state index >= 15 is 8.78 Å². The van der Waals surface area contributed by atoms with Gasteiger partial charge in [-0.15, -0.1) is 0 Å². The standard InChI is InChI=1S/C34H30F3IN4O2Si/c1-33(2,3)45(25-10-6-4-7-11-25,26-12-8-5-9-13-26)43-21-34(36,37)20-42-19-28(30(41-42)23-14-16-24(35)17-15-23)31-27-18-29(38)44-32(27)40-22-39-31/h4-19,22H,20-21H2,1-3H3. The van der Waals surface area contributed by atoms with Gasteiger partial charge in [-0.3, -0.25) is 4.68 Å². The van der Waals surface area contributed by atoms with Crippen LogP contribution in [0.4, 0.5) is 13.2 Å². The van der Waals surface area contributed by atoms with Gasteiger partial charge in [0.25, 0.3) is 14.2 Å². The lowest BCUT2D eigenvalue weighted by Gasteiger charge is -2.43. The molecule has 0 spiro atoms. The third kappa shape index (κ3) is 6.20. The Labute approximate surface area is 273 Å². The zero-order chi connectivity index (χ0) is 31.8. The zero-order valence-electron chi connectivity index (χ0n) is 24.8. The van der Waals surface area contributed by atoms with E-state index in [2.05, 4.69) is 15.1 Å². The quantitative estimate of drug-likeness (QED) is 0.112. The maximum absolute atomic E-state index is 16.1. The molecule has 3 aromatic heterocycles. The molecule has 6 aromatic rings. The third-order valence-electron chi connectivity index (χ3n) is 7.74. The van der Waals surface area contributed by atoms with Gasteiger partial charge in [0.15, 0.2) is 3.77 Å². The summed E-state index contributed by atoms with van der Waals surface area (Å²) in [7, 11) is -3.19. The van der Waals surface area contributed by atoms with Gasteiger partial charge in [-0.25, -0.2) is 23.1 Å². The van der Waals surface area contributed by atoms with Crippen LogP contribution in [0.25, 0.3) is 33.6 Å². The minimum atomic E-state index is -3.29. The number of fused-ring (bicyclic) bond motifs is 1. The molecule has 0 radical (unpaired) electrons. The van der Waals surface area contributed by atoms with E-state index in [1.54, 1.807) is 18.2 Å². The van der Waals surface area contributed by atoms with E-state index in [4.69, 9.17) is 8.84 Å². The van der Waals surface area contributed by atoms with Crippen molar-refractivity contribution in [3.63, 3.8) is 0 Å². The maximum Gasteiger partial charge on any atom is 0.288 e. The molecule has 0 bridgehead atoms. The zero-order valence-corrected chi connectivity index (χ0v) is 28.0. The second kappa shape index (κ2) is 12.2. The van der Waals surface area contributed by atoms with Crippen molar-refractivity contribution in [2.75, 3.05) is 6.61 Å². The molecule has 6 nitrogen and oxygen atoms in total. The molecule has 0 aliphatic carbocycles. The molecular weight excluding hydrogens is 708 g/mol. The first-order valence-corrected chi connectivity index (χ1v) is 17.3. The van der Waals surface area contributed by atoms with Crippen molar-refractivity contribution in [2.45, 2.75) is 38.3 Å². The Balaban J connectivity index is 1.38. The monoisotopic (exact) mass is 738 g/mol. The molecule has 11 heteroatoms. The van der Waals surface area contributed by atoms with Crippen molar-refractivity contribution in [3.8, 4) is 22.5 Å². The smallest absolute Gasteiger partial charge is 0.288 e. The lowest BCUT2D eigenvalue weighted by Crippen LogP contribution is -2.67. The second-order valence-electron chi connectivity index (χ2n) is 11.9. The van der Waals surface area contributed by atoms with E-state index in [1.165, 1.54) is 29.3 Å². The molecule has 0 fully saturated rings. The molecule has 0 atom stereocenters. The number of hydrogen-bond acceptors (Lipinski definition) is 5. The van der Waals surface area contributed by atoms with E-state index < -0.39 is 38.2 Å². The van der Waals surface area contributed by atoms with Crippen LogP contribution in [0.15, 0.2) is 108 Å². The summed E-state index contributed by atoms with van der Waals surface area (Å²) in [6.45, 7) is 4.60. The predicted molar refractivity (Wildman–Crippen MR) is 180 cm³/mol. The van der Waals surface area contributed by atoms with Crippen molar-refractivity contribution in [3.05, 3.63) is 113 Å². The van der Waals surface area contributed by atoms with Gasteiger partial charge in [-0.2, -0.15) is 5.10 Å². The van der Waals surface area contributed by atoms with E-state index in [9.17, 15) is 4.39 Å². The summed E-state index contributed by atoms with van der Waals surface area (Å²) in [5.74, 6) is -3.71. The van der Waals surface area contributed by atoms with Crippen LogP contribution in [-0.2, 0) is 11.0 Å². The van der Waals surface area contributed by atoms with Crippen molar-refractivity contribution in [1.82, 2.24) is 19.7 Å². The fourth-order valence-corrected chi connectivity index (χ4v) is 10.9. The summed E-state index contributed by atoms with van der Waals surface area (Å²) in [6, 6.07) is 26.9. The largest absolute Gasteiger partial charge is 0.432 e. The lowest BCUT2D eigenvalue weighted by molar-refractivity contribution is -0.0597. The minimum absolute atomic E-state index is 0.367. The van der Waals surface area contributed by atoms with Crippen LogP contribution in [0.5, 0.6) is 0 Å². The summed E-state index contributed by atoms with van der Waals surface area (Å²) in [4.78, 5) is 8.65. The van der Waals surface area contributed by atoms with Gasteiger partial charge in [0.05, 0.1) is 11.1 Å². The molecule has 3 aromatic carbocycles.